The number of amides is 2. The molecule has 2 amide bonds. The van der Waals surface area contributed by atoms with Crippen LogP contribution in [-0.4, -0.2) is 18.0 Å². The molecule has 1 heterocycles. The fourth-order valence-corrected chi connectivity index (χ4v) is 2.40. The lowest BCUT2D eigenvalue weighted by atomic mass is 10.1. The maximum Gasteiger partial charge on any atom is 0.329 e. The predicted molar refractivity (Wildman–Crippen MR) is 103 cm³/mol. The van der Waals surface area contributed by atoms with Crippen molar-refractivity contribution in [2.75, 3.05) is 5.32 Å². The third kappa shape index (κ3) is 4.27. The van der Waals surface area contributed by atoms with E-state index in [4.69, 9.17) is 4.42 Å². The molecule has 0 aliphatic carbocycles. The molecule has 0 atom stereocenters. The van der Waals surface area contributed by atoms with Crippen LogP contribution >= 0.6 is 0 Å². The number of anilines is 1. The van der Waals surface area contributed by atoms with Crippen molar-refractivity contribution in [3.8, 4) is 0 Å². The average molecular weight is 363 g/mol. The number of nitrogens with one attached hydrogen (secondary N) is 2. The number of hydrogen-bond donors (Lipinski definition) is 2. The van der Waals surface area contributed by atoms with Crippen molar-refractivity contribution in [3.05, 3.63) is 76.1 Å². The van der Waals surface area contributed by atoms with Crippen LogP contribution in [0.5, 0.6) is 0 Å². The Kier molecular flexibility index (Phi) is 5.41. The molecular formula is C20H17N3O4. The first-order valence-electron chi connectivity index (χ1n) is 8.32. The van der Waals surface area contributed by atoms with E-state index in [0.29, 0.717) is 16.7 Å². The van der Waals surface area contributed by atoms with Gasteiger partial charge in [0.05, 0.1) is 17.2 Å². The Hall–Kier alpha value is -3.74. The molecule has 7 heteroatoms. The van der Waals surface area contributed by atoms with E-state index in [1.807, 2.05) is 19.1 Å². The molecule has 0 saturated carbocycles. The van der Waals surface area contributed by atoms with Crippen molar-refractivity contribution in [2.24, 2.45) is 5.10 Å². The smallest absolute Gasteiger partial charge is 0.329 e. The van der Waals surface area contributed by atoms with Crippen LogP contribution in [0.3, 0.4) is 0 Å². The van der Waals surface area contributed by atoms with Gasteiger partial charge in [-0.3, -0.25) is 14.4 Å². The highest BCUT2D eigenvalue weighted by atomic mass is 16.3. The molecule has 3 rings (SSSR count). The van der Waals surface area contributed by atoms with Crippen LogP contribution in [0.15, 0.2) is 69.1 Å². The topological polar surface area (TPSA) is 101 Å². The molecular weight excluding hydrogens is 346 g/mol. The average Bonchev–Trinajstić information content (AvgIpc) is 2.70. The van der Waals surface area contributed by atoms with E-state index >= 15 is 0 Å². The molecule has 7 nitrogen and oxygen atoms in total. The lowest BCUT2D eigenvalue weighted by molar-refractivity contribution is -0.136. The summed E-state index contributed by atoms with van der Waals surface area (Å²) in [6, 6.07) is 14.0. The SMILES string of the molecule is CCc1ccc(NC(=O)C(=O)NN=Cc2coc3ccccc3c2=O)cc1. The number of rotatable bonds is 4. The summed E-state index contributed by atoms with van der Waals surface area (Å²) in [5.74, 6) is -1.81. The van der Waals surface area contributed by atoms with Crippen LogP contribution in [0.2, 0.25) is 0 Å². The Balaban J connectivity index is 1.63. The number of aryl methyl sites for hydroxylation is 1. The van der Waals surface area contributed by atoms with Gasteiger partial charge in [0, 0.05) is 5.69 Å². The Morgan fingerprint density at radius 3 is 2.56 bits per heavy atom. The maximum absolute atomic E-state index is 12.3. The number of hydrazone groups is 1. The third-order valence-electron chi connectivity index (χ3n) is 3.90. The Bertz CT molecular complexity index is 1070. The second kappa shape index (κ2) is 8.09. The first-order chi connectivity index (χ1) is 13.1. The Morgan fingerprint density at radius 2 is 1.81 bits per heavy atom. The van der Waals surface area contributed by atoms with Crippen LogP contribution in [0, 0.1) is 0 Å². The van der Waals surface area contributed by atoms with E-state index in [9.17, 15) is 14.4 Å². The summed E-state index contributed by atoms with van der Waals surface area (Å²) in [4.78, 5) is 36.0. The molecule has 2 N–H and O–H groups in total. The molecule has 3 aromatic rings. The quantitative estimate of drug-likeness (QED) is 0.422. The van der Waals surface area contributed by atoms with Crippen molar-refractivity contribution in [1.82, 2.24) is 5.43 Å². The molecule has 0 bridgehead atoms. The molecule has 0 saturated heterocycles. The van der Waals surface area contributed by atoms with E-state index in [0.717, 1.165) is 18.2 Å². The van der Waals surface area contributed by atoms with Gasteiger partial charge in [0.25, 0.3) is 0 Å². The number of fused-ring (bicyclic) bond motifs is 1. The molecule has 0 radical (unpaired) electrons. The van der Waals surface area contributed by atoms with Crippen molar-refractivity contribution in [1.29, 1.82) is 0 Å². The Labute approximate surface area is 154 Å². The van der Waals surface area contributed by atoms with E-state index in [-0.39, 0.29) is 11.0 Å². The van der Waals surface area contributed by atoms with E-state index in [1.54, 1.807) is 36.4 Å². The van der Waals surface area contributed by atoms with Gasteiger partial charge in [0.1, 0.15) is 11.8 Å². The second-order valence-electron chi connectivity index (χ2n) is 5.72. The second-order valence-corrected chi connectivity index (χ2v) is 5.72. The monoisotopic (exact) mass is 363 g/mol. The molecule has 0 aliphatic heterocycles. The molecule has 2 aromatic carbocycles. The zero-order valence-corrected chi connectivity index (χ0v) is 14.6. The minimum atomic E-state index is -0.948. The lowest BCUT2D eigenvalue weighted by Gasteiger charge is -2.04. The van der Waals surface area contributed by atoms with Gasteiger partial charge in [-0.05, 0) is 36.2 Å². The molecule has 0 unspecified atom stereocenters. The van der Waals surface area contributed by atoms with E-state index in [1.165, 1.54) is 6.26 Å². The maximum atomic E-state index is 12.3. The molecule has 1 aromatic heterocycles. The normalized spacial score (nSPS) is 10.9. The van der Waals surface area contributed by atoms with Crippen LogP contribution in [0.1, 0.15) is 18.1 Å². The van der Waals surface area contributed by atoms with Gasteiger partial charge in [-0.25, -0.2) is 5.43 Å². The highest BCUT2D eigenvalue weighted by Gasteiger charge is 2.13. The fraction of sp³-hybridized carbons (Fsp3) is 0.100. The zero-order chi connectivity index (χ0) is 19.2. The minimum Gasteiger partial charge on any atom is -0.463 e. The van der Waals surface area contributed by atoms with Gasteiger partial charge in [-0.2, -0.15) is 5.10 Å². The van der Waals surface area contributed by atoms with Crippen LogP contribution in [0.25, 0.3) is 11.0 Å². The molecule has 27 heavy (non-hydrogen) atoms. The van der Waals surface area contributed by atoms with Crippen LogP contribution in [-0.2, 0) is 16.0 Å². The number of carbonyl (C=O) groups excluding carboxylic acids is 2. The van der Waals surface area contributed by atoms with Crippen LogP contribution < -0.4 is 16.2 Å². The number of nitrogens with zero attached hydrogens (tertiary/aromatic N) is 1. The summed E-state index contributed by atoms with van der Waals surface area (Å²) in [7, 11) is 0. The predicted octanol–water partition coefficient (Wildman–Crippen LogP) is 2.44. The number of para-hydroxylation sites is 1. The van der Waals surface area contributed by atoms with Gasteiger partial charge >= 0.3 is 11.8 Å². The fourth-order valence-electron chi connectivity index (χ4n) is 2.40. The van der Waals surface area contributed by atoms with Crippen LogP contribution in [0.4, 0.5) is 5.69 Å². The standard InChI is InChI=1S/C20H17N3O4/c1-2-13-7-9-15(10-8-13)22-19(25)20(26)23-21-11-14-12-27-17-6-4-3-5-16(17)18(14)24/h3-12H,2H2,1H3,(H,22,25)(H,23,26). The van der Waals surface area contributed by atoms with Crippen molar-refractivity contribution >= 4 is 34.7 Å². The highest BCUT2D eigenvalue weighted by molar-refractivity contribution is 6.39. The number of hydrogen-bond acceptors (Lipinski definition) is 5. The zero-order valence-electron chi connectivity index (χ0n) is 14.6. The highest BCUT2D eigenvalue weighted by Crippen LogP contribution is 2.10. The molecule has 0 aliphatic rings. The lowest BCUT2D eigenvalue weighted by Crippen LogP contribution is -2.32. The first kappa shape index (κ1) is 18.1. The summed E-state index contributed by atoms with van der Waals surface area (Å²) in [6.07, 6.45) is 3.27. The summed E-state index contributed by atoms with van der Waals surface area (Å²) in [5.41, 5.74) is 4.05. The third-order valence-corrected chi connectivity index (χ3v) is 3.90. The van der Waals surface area contributed by atoms with E-state index in [2.05, 4.69) is 15.8 Å². The van der Waals surface area contributed by atoms with Gasteiger partial charge in [0.15, 0.2) is 0 Å². The first-order valence-corrected chi connectivity index (χ1v) is 8.32. The van der Waals surface area contributed by atoms with Crippen molar-refractivity contribution in [2.45, 2.75) is 13.3 Å². The summed E-state index contributed by atoms with van der Waals surface area (Å²) in [5, 5.41) is 6.53. The van der Waals surface area contributed by atoms with Gasteiger partial charge in [-0.15, -0.1) is 0 Å². The number of benzene rings is 2. The minimum absolute atomic E-state index is 0.157. The van der Waals surface area contributed by atoms with Gasteiger partial charge in [0.2, 0.25) is 5.43 Å². The summed E-state index contributed by atoms with van der Waals surface area (Å²) >= 11 is 0. The molecule has 136 valence electrons. The van der Waals surface area contributed by atoms with Crippen molar-refractivity contribution < 1.29 is 14.0 Å². The summed E-state index contributed by atoms with van der Waals surface area (Å²) < 4.78 is 5.34. The van der Waals surface area contributed by atoms with E-state index < -0.39 is 11.8 Å². The molecule has 0 fully saturated rings. The van der Waals surface area contributed by atoms with Gasteiger partial charge in [-0.1, -0.05) is 31.2 Å². The van der Waals surface area contributed by atoms with Gasteiger partial charge < -0.3 is 9.73 Å². The number of carbonyl (C=O) groups is 2. The summed E-state index contributed by atoms with van der Waals surface area (Å²) in [6.45, 7) is 2.02. The Morgan fingerprint density at radius 1 is 1.07 bits per heavy atom. The largest absolute Gasteiger partial charge is 0.463 e. The van der Waals surface area contributed by atoms with Crippen molar-refractivity contribution in [3.63, 3.8) is 0 Å². The molecule has 0 spiro atoms.